The van der Waals surface area contributed by atoms with Gasteiger partial charge in [0.15, 0.2) is 0 Å². The largest absolute Gasteiger partial charge is 0.347 e. The summed E-state index contributed by atoms with van der Waals surface area (Å²) in [5.41, 5.74) is 1.83. The van der Waals surface area contributed by atoms with Crippen LogP contribution in [0.1, 0.15) is 69.0 Å². The lowest BCUT2D eigenvalue weighted by molar-refractivity contribution is -0.131. The highest BCUT2D eigenvalue weighted by atomic mass is 32.1. The van der Waals surface area contributed by atoms with Gasteiger partial charge in [-0.2, -0.15) is 0 Å². The fourth-order valence-corrected chi connectivity index (χ4v) is 3.47. The normalized spacial score (nSPS) is 13.7. The van der Waals surface area contributed by atoms with Gasteiger partial charge in [-0.25, -0.2) is 0 Å². The fraction of sp³-hybridized carbons (Fsp3) is 0.455. The molecular formula is C22H30N2O2S. The number of amides is 2. The van der Waals surface area contributed by atoms with Crippen LogP contribution in [0.4, 0.5) is 0 Å². The second kappa shape index (κ2) is 9.18. The Balaban J connectivity index is 2.12. The zero-order valence-corrected chi connectivity index (χ0v) is 17.7. The first-order valence-electron chi connectivity index (χ1n) is 9.43. The van der Waals surface area contributed by atoms with Crippen molar-refractivity contribution in [3.8, 4) is 0 Å². The van der Waals surface area contributed by atoms with Crippen LogP contribution in [0.15, 0.2) is 41.8 Å². The monoisotopic (exact) mass is 386 g/mol. The van der Waals surface area contributed by atoms with Crippen molar-refractivity contribution in [1.82, 2.24) is 10.6 Å². The molecule has 5 heteroatoms. The predicted octanol–water partition coefficient (Wildman–Crippen LogP) is 4.63. The highest BCUT2D eigenvalue weighted by molar-refractivity contribution is 7.10. The fourth-order valence-electron chi connectivity index (χ4n) is 2.66. The second-order valence-electron chi connectivity index (χ2n) is 7.92. The predicted molar refractivity (Wildman–Crippen MR) is 112 cm³/mol. The third kappa shape index (κ3) is 5.93. The van der Waals surface area contributed by atoms with Crippen LogP contribution in [-0.2, 0) is 9.59 Å². The maximum atomic E-state index is 12.5. The van der Waals surface area contributed by atoms with Crippen LogP contribution in [0.3, 0.4) is 0 Å². The van der Waals surface area contributed by atoms with Crippen LogP contribution in [-0.4, -0.2) is 18.4 Å². The minimum atomic E-state index is -0.515. The maximum Gasteiger partial charge on any atom is 0.240 e. The van der Waals surface area contributed by atoms with Gasteiger partial charge in [0.05, 0.1) is 12.6 Å². The lowest BCUT2D eigenvalue weighted by Crippen LogP contribution is -2.42. The minimum absolute atomic E-state index is 0.0249. The summed E-state index contributed by atoms with van der Waals surface area (Å²) in [6.45, 7) is 9.85. The molecule has 2 amide bonds. The topological polar surface area (TPSA) is 58.2 Å². The van der Waals surface area contributed by atoms with Crippen LogP contribution in [0, 0.1) is 5.41 Å². The Kier molecular flexibility index (Phi) is 7.19. The molecule has 0 spiro atoms. The molecule has 1 heterocycles. The Morgan fingerprint density at radius 2 is 1.70 bits per heavy atom. The Morgan fingerprint density at radius 1 is 1.07 bits per heavy atom. The molecule has 0 fully saturated rings. The molecule has 2 atom stereocenters. The summed E-state index contributed by atoms with van der Waals surface area (Å²) in [5.74, 6) is 0.182. The molecule has 4 nitrogen and oxygen atoms in total. The molecule has 27 heavy (non-hydrogen) atoms. The van der Waals surface area contributed by atoms with Gasteiger partial charge in [-0.3, -0.25) is 9.59 Å². The van der Waals surface area contributed by atoms with Gasteiger partial charge in [0.25, 0.3) is 0 Å². The molecule has 0 aliphatic heterocycles. The zero-order chi connectivity index (χ0) is 20.0. The number of hydrogen-bond donors (Lipinski definition) is 2. The van der Waals surface area contributed by atoms with Gasteiger partial charge in [0.1, 0.15) is 0 Å². The SMILES string of the molecule is CCC(C)c1ccc(C(NC(=O)CNC(=O)C(C)(C)C)c2cccs2)cc1. The number of thiophene rings is 1. The molecule has 0 saturated heterocycles. The van der Waals surface area contributed by atoms with Gasteiger partial charge in [-0.05, 0) is 34.9 Å². The molecule has 0 aliphatic rings. The lowest BCUT2D eigenvalue weighted by atomic mass is 9.95. The Hall–Kier alpha value is -2.14. The summed E-state index contributed by atoms with van der Waals surface area (Å²) in [7, 11) is 0. The van der Waals surface area contributed by atoms with E-state index in [0.717, 1.165) is 16.9 Å². The minimum Gasteiger partial charge on any atom is -0.347 e. The van der Waals surface area contributed by atoms with Gasteiger partial charge >= 0.3 is 0 Å². The van der Waals surface area contributed by atoms with Crippen molar-refractivity contribution in [2.24, 2.45) is 5.41 Å². The van der Waals surface area contributed by atoms with E-state index in [4.69, 9.17) is 0 Å². The van der Waals surface area contributed by atoms with Crippen LogP contribution in [0.2, 0.25) is 0 Å². The van der Waals surface area contributed by atoms with E-state index in [0.29, 0.717) is 5.92 Å². The molecule has 0 radical (unpaired) electrons. The van der Waals surface area contributed by atoms with E-state index >= 15 is 0 Å². The maximum absolute atomic E-state index is 12.5. The average molecular weight is 387 g/mol. The summed E-state index contributed by atoms with van der Waals surface area (Å²) in [4.78, 5) is 25.5. The summed E-state index contributed by atoms with van der Waals surface area (Å²) in [6, 6.07) is 12.2. The molecule has 0 aliphatic carbocycles. The smallest absolute Gasteiger partial charge is 0.240 e. The van der Waals surface area contributed by atoms with Crippen molar-refractivity contribution in [3.05, 3.63) is 57.8 Å². The lowest BCUT2D eigenvalue weighted by Gasteiger charge is -2.21. The van der Waals surface area contributed by atoms with Crippen molar-refractivity contribution in [2.45, 2.75) is 53.0 Å². The second-order valence-corrected chi connectivity index (χ2v) is 8.90. The summed E-state index contributed by atoms with van der Waals surface area (Å²) in [5, 5.41) is 7.77. The Labute approximate surface area is 166 Å². The Morgan fingerprint density at radius 3 is 2.22 bits per heavy atom. The number of carbonyl (C=O) groups is 2. The summed E-state index contributed by atoms with van der Waals surface area (Å²) >= 11 is 1.61. The number of nitrogens with one attached hydrogen (secondary N) is 2. The highest BCUT2D eigenvalue weighted by Gasteiger charge is 2.23. The molecule has 2 unspecified atom stereocenters. The zero-order valence-electron chi connectivity index (χ0n) is 16.8. The first-order chi connectivity index (χ1) is 12.7. The van der Waals surface area contributed by atoms with Crippen molar-refractivity contribution >= 4 is 23.2 Å². The number of benzene rings is 1. The quantitative estimate of drug-likeness (QED) is 0.729. The van der Waals surface area contributed by atoms with Crippen LogP contribution < -0.4 is 10.6 Å². The molecular weight excluding hydrogens is 356 g/mol. The van der Waals surface area contributed by atoms with E-state index < -0.39 is 5.41 Å². The van der Waals surface area contributed by atoms with Crippen LogP contribution in [0.25, 0.3) is 0 Å². The Bertz CT molecular complexity index is 746. The first-order valence-corrected chi connectivity index (χ1v) is 10.3. The van der Waals surface area contributed by atoms with Crippen molar-refractivity contribution < 1.29 is 9.59 Å². The van der Waals surface area contributed by atoms with Crippen molar-refractivity contribution in [3.63, 3.8) is 0 Å². The van der Waals surface area contributed by atoms with E-state index in [2.05, 4.69) is 48.7 Å². The van der Waals surface area contributed by atoms with Crippen molar-refractivity contribution in [2.75, 3.05) is 6.54 Å². The molecule has 146 valence electrons. The van der Waals surface area contributed by atoms with E-state index in [-0.39, 0.29) is 24.4 Å². The summed E-state index contributed by atoms with van der Waals surface area (Å²) in [6.07, 6.45) is 1.10. The molecule has 1 aromatic carbocycles. The van der Waals surface area contributed by atoms with E-state index in [1.54, 1.807) is 11.3 Å². The van der Waals surface area contributed by atoms with E-state index in [1.165, 1.54) is 5.56 Å². The molecule has 2 rings (SSSR count). The van der Waals surface area contributed by atoms with E-state index in [9.17, 15) is 9.59 Å². The molecule has 0 bridgehead atoms. The third-order valence-corrected chi connectivity index (χ3v) is 5.61. The van der Waals surface area contributed by atoms with Crippen molar-refractivity contribution in [1.29, 1.82) is 0 Å². The molecule has 0 saturated carbocycles. The van der Waals surface area contributed by atoms with Gasteiger partial charge in [0.2, 0.25) is 11.8 Å². The summed E-state index contributed by atoms with van der Waals surface area (Å²) < 4.78 is 0. The van der Waals surface area contributed by atoms with Crippen LogP contribution >= 0.6 is 11.3 Å². The number of carbonyl (C=O) groups excluding carboxylic acids is 2. The van der Waals surface area contributed by atoms with Gasteiger partial charge < -0.3 is 10.6 Å². The van der Waals surface area contributed by atoms with E-state index in [1.807, 2.05) is 38.3 Å². The molecule has 2 N–H and O–H groups in total. The standard InChI is InChI=1S/C22H30N2O2S/c1-6-15(2)16-9-11-17(12-10-16)20(18-8-7-13-27-18)24-19(25)14-23-21(26)22(3,4)5/h7-13,15,20H,6,14H2,1-5H3,(H,23,26)(H,24,25). The third-order valence-electron chi connectivity index (χ3n) is 4.67. The number of rotatable bonds is 7. The van der Waals surface area contributed by atoms with Crippen LogP contribution in [0.5, 0.6) is 0 Å². The number of hydrogen-bond acceptors (Lipinski definition) is 3. The average Bonchev–Trinajstić information content (AvgIpc) is 3.17. The molecule has 1 aromatic heterocycles. The highest BCUT2D eigenvalue weighted by Crippen LogP contribution is 2.28. The first kappa shape index (κ1) is 21.2. The van der Waals surface area contributed by atoms with Gasteiger partial charge in [-0.15, -0.1) is 11.3 Å². The van der Waals surface area contributed by atoms with Gasteiger partial charge in [-0.1, -0.05) is 65.0 Å². The van der Waals surface area contributed by atoms with Gasteiger partial charge in [0, 0.05) is 10.3 Å². The molecule has 2 aromatic rings.